The van der Waals surface area contributed by atoms with E-state index in [4.69, 9.17) is 33.8 Å². The van der Waals surface area contributed by atoms with Gasteiger partial charge in [0.25, 0.3) is 0 Å². The maximum absolute atomic E-state index is 13.3. The number of hydrogen-bond acceptors (Lipinski definition) is 4. The largest absolute Gasteiger partial charge is 0.462 e. The Labute approximate surface area is 113 Å². The van der Waals surface area contributed by atoms with Gasteiger partial charge in [-0.15, -0.1) is 0 Å². The van der Waals surface area contributed by atoms with E-state index in [0.29, 0.717) is 5.56 Å². The summed E-state index contributed by atoms with van der Waals surface area (Å²) in [4.78, 5) is 11.3. The van der Waals surface area contributed by atoms with Gasteiger partial charge in [0.1, 0.15) is 10.8 Å². The Hall–Kier alpha value is -1.30. The number of anilines is 1. The van der Waals surface area contributed by atoms with Crippen LogP contribution in [-0.2, 0) is 9.53 Å². The van der Waals surface area contributed by atoms with Crippen molar-refractivity contribution in [2.75, 3.05) is 12.0 Å². The molecule has 0 heterocycles. The van der Waals surface area contributed by atoms with Gasteiger partial charge in [0.05, 0.1) is 17.3 Å². The third kappa shape index (κ3) is 3.60. The molecule has 1 aromatic carbocycles. The van der Waals surface area contributed by atoms with Crippen molar-refractivity contribution in [3.8, 4) is 0 Å². The van der Waals surface area contributed by atoms with E-state index in [1.165, 1.54) is 12.1 Å². The number of carbonyl (C=O) groups is 1. The second-order valence-electron chi connectivity index (χ2n) is 3.21. The first-order valence-corrected chi connectivity index (χ1v) is 5.75. The predicted octanol–water partition coefficient (Wildman–Crippen LogP) is 2.91. The second-order valence-corrected chi connectivity index (χ2v) is 4.03. The fraction of sp³-hybridized carbons (Fsp3) is 0.182. The standard InChI is InChI=1S/C11H11Cl2FN2O2/c1-2-18-11(17)8(13)3-6-4-10(16-15)9(14)5-7(6)12/h3-5,16H,2,15H2,1H3. The number of nitrogen functional groups attached to an aromatic ring is 1. The number of esters is 1. The molecule has 1 aromatic rings. The maximum Gasteiger partial charge on any atom is 0.349 e. The van der Waals surface area contributed by atoms with E-state index in [1.807, 2.05) is 0 Å². The van der Waals surface area contributed by atoms with E-state index >= 15 is 0 Å². The summed E-state index contributed by atoms with van der Waals surface area (Å²) in [7, 11) is 0. The fourth-order valence-electron chi connectivity index (χ4n) is 1.18. The minimum absolute atomic E-state index is 0.0407. The topological polar surface area (TPSA) is 64.3 Å². The van der Waals surface area contributed by atoms with Gasteiger partial charge in [-0.25, -0.2) is 9.18 Å². The van der Waals surface area contributed by atoms with E-state index in [0.717, 1.165) is 6.07 Å². The normalized spacial score (nSPS) is 11.3. The Bertz CT molecular complexity index is 492. The number of nitrogens with one attached hydrogen (secondary N) is 1. The summed E-state index contributed by atoms with van der Waals surface area (Å²) in [6, 6.07) is 2.40. The zero-order chi connectivity index (χ0) is 13.7. The molecule has 0 aromatic heterocycles. The van der Waals surface area contributed by atoms with Gasteiger partial charge in [-0.1, -0.05) is 23.2 Å². The Morgan fingerprint density at radius 3 is 2.83 bits per heavy atom. The zero-order valence-corrected chi connectivity index (χ0v) is 11.0. The average Bonchev–Trinajstić information content (AvgIpc) is 2.32. The van der Waals surface area contributed by atoms with E-state index in [1.54, 1.807) is 6.92 Å². The SMILES string of the molecule is CCOC(=O)C(Cl)=Cc1cc(NN)c(F)cc1Cl. The second kappa shape index (κ2) is 6.58. The van der Waals surface area contributed by atoms with Gasteiger partial charge in [-0.3, -0.25) is 5.84 Å². The molecule has 0 bridgehead atoms. The smallest absolute Gasteiger partial charge is 0.349 e. The molecule has 3 N–H and O–H groups in total. The highest BCUT2D eigenvalue weighted by molar-refractivity contribution is 6.43. The Balaban J connectivity index is 3.10. The number of hydrazine groups is 1. The fourth-order valence-corrected chi connectivity index (χ4v) is 1.56. The molecule has 0 unspecified atom stereocenters. The molecule has 18 heavy (non-hydrogen) atoms. The molecule has 1 rings (SSSR count). The van der Waals surface area contributed by atoms with Crippen LogP contribution in [0.1, 0.15) is 12.5 Å². The van der Waals surface area contributed by atoms with E-state index < -0.39 is 11.8 Å². The number of ether oxygens (including phenoxy) is 1. The molecule has 0 amide bonds. The van der Waals surface area contributed by atoms with Crippen LogP contribution in [0.3, 0.4) is 0 Å². The Kier molecular flexibility index (Phi) is 5.40. The third-order valence-corrected chi connectivity index (χ3v) is 2.59. The number of rotatable bonds is 4. The lowest BCUT2D eigenvalue weighted by molar-refractivity contribution is -0.137. The highest BCUT2D eigenvalue weighted by Gasteiger charge is 2.11. The van der Waals surface area contributed by atoms with Gasteiger partial charge in [0, 0.05) is 0 Å². The number of nitrogens with two attached hydrogens (primary N) is 1. The molecule has 98 valence electrons. The number of carbonyl (C=O) groups excluding carboxylic acids is 1. The molecule has 4 nitrogen and oxygen atoms in total. The molecular weight excluding hydrogens is 282 g/mol. The van der Waals surface area contributed by atoms with Crippen molar-refractivity contribution in [1.29, 1.82) is 0 Å². The van der Waals surface area contributed by atoms with Crippen molar-refractivity contribution in [2.24, 2.45) is 5.84 Å². The van der Waals surface area contributed by atoms with Crippen LogP contribution in [0.5, 0.6) is 0 Å². The summed E-state index contributed by atoms with van der Waals surface area (Å²) >= 11 is 11.6. The Morgan fingerprint density at radius 1 is 1.61 bits per heavy atom. The van der Waals surface area contributed by atoms with Gasteiger partial charge in [0.2, 0.25) is 0 Å². The van der Waals surface area contributed by atoms with E-state index in [9.17, 15) is 9.18 Å². The number of hydrogen-bond donors (Lipinski definition) is 2. The first kappa shape index (κ1) is 14.8. The quantitative estimate of drug-likeness (QED) is 0.388. The molecule has 0 aliphatic heterocycles. The zero-order valence-electron chi connectivity index (χ0n) is 9.47. The molecule has 0 aliphatic rings. The highest BCUT2D eigenvalue weighted by atomic mass is 35.5. The van der Waals surface area contributed by atoms with Gasteiger partial charge in [-0.2, -0.15) is 0 Å². The predicted molar refractivity (Wildman–Crippen MR) is 69.7 cm³/mol. The molecule has 0 saturated heterocycles. The van der Waals surface area contributed by atoms with Gasteiger partial charge < -0.3 is 10.2 Å². The lowest BCUT2D eigenvalue weighted by Crippen LogP contribution is -2.09. The van der Waals surface area contributed by atoms with Crippen molar-refractivity contribution in [1.82, 2.24) is 0 Å². The molecular formula is C11H11Cl2FN2O2. The van der Waals surface area contributed by atoms with Gasteiger partial charge in [0.15, 0.2) is 0 Å². The van der Waals surface area contributed by atoms with Crippen LogP contribution >= 0.6 is 23.2 Å². The minimum Gasteiger partial charge on any atom is -0.462 e. The lowest BCUT2D eigenvalue weighted by atomic mass is 10.1. The summed E-state index contributed by atoms with van der Waals surface area (Å²) in [5, 5.41) is -0.0534. The van der Waals surface area contributed by atoms with E-state index in [-0.39, 0.29) is 22.3 Å². The monoisotopic (exact) mass is 292 g/mol. The van der Waals surface area contributed by atoms with Crippen LogP contribution in [0, 0.1) is 5.82 Å². The van der Waals surface area contributed by atoms with Gasteiger partial charge >= 0.3 is 5.97 Å². The number of benzene rings is 1. The molecule has 0 fully saturated rings. The van der Waals surface area contributed by atoms with Crippen LogP contribution in [0.2, 0.25) is 5.02 Å². The summed E-state index contributed by atoms with van der Waals surface area (Å²) in [5.41, 5.74) is 2.56. The molecule has 0 spiro atoms. The van der Waals surface area contributed by atoms with E-state index in [2.05, 4.69) is 5.43 Å². The third-order valence-electron chi connectivity index (χ3n) is 1.99. The first-order valence-electron chi connectivity index (χ1n) is 4.99. The summed E-state index contributed by atoms with van der Waals surface area (Å²) in [6.45, 7) is 1.86. The summed E-state index contributed by atoms with van der Waals surface area (Å²) in [6.07, 6.45) is 1.28. The van der Waals surface area contributed by atoms with Gasteiger partial charge in [-0.05, 0) is 30.7 Å². The van der Waals surface area contributed by atoms with Crippen LogP contribution in [0.25, 0.3) is 6.08 Å². The van der Waals surface area contributed by atoms with Crippen molar-refractivity contribution in [3.63, 3.8) is 0 Å². The molecule has 0 saturated carbocycles. The molecule has 0 atom stereocenters. The van der Waals surface area contributed by atoms with Crippen LogP contribution in [-0.4, -0.2) is 12.6 Å². The van der Waals surface area contributed by atoms with Crippen LogP contribution in [0.15, 0.2) is 17.2 Å². The average molecular weight is 293 g/mol. The summed E-state index contributed by atoms with van der Waals surface area (Å²) < 4.78 is 18.0. The maximum atomic E-state index is 13.3. The van der Waals surface area contributed by atoms with Crippen molar-refractivity contribution < 1.29 is 13.9 Å². The lowest BCUT2D eigenvalue weighted by Gasteiger charge is -2.06. The first-order chi connectivity index (χ1) is 8.49. The van der Waals surface area contributed by atoms with Crippen LogP contribution in [0.4, 0.5) is 10.1 Å². The van der Waals surface area contributed by atoms with Crippen molar-refractivity contribution >= 4 is 40.9 Å². The minimum atomic E-state index is -0.679. The molecule has 7 heteroatoms. The molecule has 0 radical (unpaired) electrons. The number of halogens is 3. The highest BCUT2D eigenvalue weighted by Crippen LogP contribution is 2.26. The van der Waals surface area contributed by atoms with Crippen molar-refractivity contribution in [2.45, 2.75) is 6.92 Å². The molecule has 0 aliphatic carbocycles. The Morgan fingerprint density at radius 2 is 2.28 bits per heavy atom. The van der Waals surface area contributed by atoms with Crippen LogP contribution < -0.4 is 11.3 Å². The van der Waals surface area contributed by atoms with Crippen molar-refractivity contribution in [3.05, 3.63) is 33.6 Å². The summed E-state index contributed by atoms with van der Waals surface area (Å²) in [5.74, 6) is 3.85.